The van der Waals surface area contributed by atoms with Gasteiger partial charge in [-0.25, -0.2) is 9.78 Å². The molecule has 2 aromatic carbocycles. The Bertz CT molecular complexity index is 1220. The first-order valence-electron chi connectivity index (χ1n) is 12.7. The molecular weight excluding hydrogens is 438 g/mol. The van der Waals surface area contributed by atoms with Crippen LogP contribution in [0.15, 0.2) is 54.6 Å². The van der Waals surface area contributed by atoms with Gasteiger partial charge >= 0.3 is 5.97 Å². The van der Waals surface area contributed by atoms with E-state index < -0.39 is 5.60 Å². The lowest BCUT2D eigenvalue weighted by Gasteiger charge is -2.48. The van der Waals surface area contributed by atoms with Crippen molar-refractivity contribution < 1.29 is 14.6 Å². The van der Waals surface area contributed by atoms with E-state index in [4.69, 9.17) is 4.74 Å². The Balaban J connectivity index is 1.12. The van der Waals surface area contributed by atoms with Crippen molar-refractivity contribution in [2.45, 2.75) is 44.1 Å². The Kier molecular flexibility index (Phi) is 6.76. The van der Waals surface area contributed by atoms with Crippen LogP contribution in [0.4, 0.5) is 0 Å². The van der Waals surface area contributed by atoms with Crippen LogP contribution in [0.3, 0.4) is 0 Å². The van der Waals surface area contributed by atoms with E-state index in [0.717, 1.165) is 62.1 Å². The highest BCUT2D eigenvalue weighted by atomic mass is 16.5. The molecule has 6 nitrogen and oxygen atoms in total. The SMILES string of the molecule is COC(=O)c1ccc2nc(CCCN(C)CC[C@]3(O)C[C@H]4CC[C@@H]3C=C4c3ccccc3)[nH]c2c1. The van der Waals surface area contributed by atoms with E-state index >= 15 is 0 Å². The quantitative estimate of drug-likeness (QED) is 0.435. The van der Waals surface area contributed by atoms with E-state index in [9.17, 15) is 9.90 Å². The van der Waals surface area contributed by atoms with Crippen LogP contribution in [0.5, 0.6) is 0 Å². The smallest absolute Gasteiger partial charge is 0.337 e. The van der Waals surface area contributed by atoms with Gasteiger partial charge in [0.15, 0.2) is 0 Å². The number of H-pyrrole nitrogens is 1. The lowest BCUT2D eigenvalue weighted by molar-refractivity contribution is -0.0574. The number of aromatic nitrogens is 2. The molecule has 0 saturated heterocycles. The topological polar surface area (TPSA) is 78.4 Å². The molecule has 0 radical (unpaired) electrons. The number of methoxy groups -OCH3 is 1. The van der Waals surface area contributed by atoms with Crippen LogP contribution in [0.2, 0.25) is 0 Å². The van der Waals surface area contributed by atoms with E-state index in [0.29, 0.717) is 11.5 Å². The van der Waals surface area contributed by atoms with E-state index in [1.54, 1.807) is 12.1 Å². The summed E-state index contributed by atoms with van der Waals surface area (Å²) in [4.78, 5) is 22.1. The predicted octanol–water partition coefficient (Wildman–Crippen LogP) is 4.85. The van der Waals surface area contributed by atoms with Gasteiger partial charge in [-0.2, -0.15) is 0 Å². The molecule has 1 aromatic heterocycles. The molecule has 1 saturated carbocycles. The molecular formula is C29H35N3O3. The fourth-order valence-corrected chi connectivity index (χ4v) is 5.87. The summed E-state index contributed by atoms with van der Waals surface area (Å²) < 4.78 is 4.80. The number of hydrogen-bond donors (Lipinski definition) is 2. The number of nitrogens with zero attached hydrogens (tertiary/aromatic N) is 2. The summed E-state index contributed by atoms with van der Waals surface area (Å²) in [6, 6.07) is 16.0. The van der Waals surface area contributed by atoms with Gasteiger partial charge in [0.25, 0.3) is 0 Å². The highest BCUT2D eigenvalue weighted by molar-refractivity contribution is 5.93. The number of carbonyl (C=O) groups excluding carboxylic acids is 1. The van der Waals surface area contributed by atoms with E-state index in [1.807, 2.05) is 6.07 Å². The molecule has 2 N–H and O–H groups in total. The maximum atomic E-state index is 11.7. The predicted molar refractivity (Wildman–Crippen MR) is 138 cm³/mol. The number of esters is 1. The van der Waals surface area contributed by atoms with Crippen LogP contribution < -0.4 is 0 Å². The number of aromatic amines is 1. The molecule has 3 aliphatic rings. The van der Waals surface area contributed by atoms with Gasteiger partial charge in [-0.3, -0.25) is 0 Å². The molecule has 1 fully saturated rings. The average Bonchev–Trinajstić information content (AvgIpc) is 3.30. The van der Waals surface area contributed by atoms with Crippen LogP contribution in [0.1, 0.15) is 53.8 Å². The monoisotopic (exact) mass is 473 g/mol. The molecule has 1 heterocycles. The fourth-order valence-electron chi connectivity index (χ4n) is 5.87. The van der Waals surface area contributed by atoms with Gasteiger partial charge in [0, 0.05) is 18.9 Å². The van der Waals surface area contributed by atoms with Crippen LogP contribution in [-0.2, 0) is 11.2 Å². The van der Waals surface area contributed by atoms with E-state index in [-0.39, 0.29) is 11.9 Å². The van der Waals surface area contributed by atoms with Crippen molar-refractivity contribution in [3.63, 3.8) is 0 Å². The van der Waals surface area contributed by atoms with Gasteiger partial charge in [-0.05, 0) is 81.0 Å². The Labute approximate surface area is 207 Å². The Morgan fingerprint density at radius 3 is 2.77 bits per heavy atom. The average molecular weight is 474 g/mol. The molecule has 3 aromatic rings. The van der Waals surface area contributed by atoms with Gasteiger partial charge in [0.1, 0.15) is 5.82 Å². The standard InChI is InChI=1S/C29H35N3O3/c1-32(15-6-9-27-30-25-13-11-21(28(33)35-2)17-26(25)31-27)16-14-29(34)19-22-10-12-23(29)18-24(22)20-7-4-3-5-8-20/h3-5,7-8,11,13,17-18,22-23,34H,6,9-10,12,14-16,19H2,1-2H3,(H,30,31)/t22-,23-,29+/m1/s1. The first-order chi connectivity index (χ1) is 16.9. The molecule has 6 heteroatoms. The van der Waals surface area contributed by atoms with Crippen LogP contribution in [0, 0.1) is 11.8 Å². The summed E-state index contributed by atoms with van der Waals surface area (Å²) in [6.45, 7) is 1.83. The molecule has 184 valence electrons. The lowest BCUT2D eigenvalue weighted by Crippen LogP contribution is -2.48. The summed E-state index contributed by atoms with van der Waals surface area (Å²) in [5, 5.41) is 11.5. The second-order valence-electron chi connectivity index (χ2n) is 10.2. The van der Waals surface area contributed by atoms with Crippen LogP contribution in [0.25, 0.3) is 16.6 Å². The number of imidazole rings is 1. The van der Waals surface area contributed by atoms with Crippen molar-refractivity contribution >= 4 is 22.6 Å². The van der Waals surface area contributed by atoms with Crippen molar-refractivity contribution in [1.82, 2.24) is 14.9 Å². The van der Waals surface area contributed by atoms with Gasteiger partial charge in [-0.1, -0.05) is 36.4 Å². The lowest BCUT2D eigenvalue weighted by atomic mass is 9.61. The van der Waals surface area contributed by atoms with Gasteiger partial charge in [0.2, 0.25) is 0 Å². The third-order valence-corrected chi connectivity index (χ3v) is 7.88. The summed E-state index contributed by atoms with van der Waals surface area (Å²) in [6.07, 6.45) is 8.13. The van der Waals surface area contributed by atoms with E-state index in [1.165, 1.54) is 24.7 Å². The highest BCUT2D eigenvalue weighted by Crippen LogP contribution is 2.51. The second kappa shape index (κ2) is 9.96. The number of rotatable bonds is 9. The third kappa shape index (κ3) is 5.04. The number of aliphatic hydroxyl groups is 1. The molecule has 0 aliphatic heterocycles. The molecule has 2 bridgehead atoms. The van der Waals surface area contributed by atoms with E-state index in [2.05, 4.69) is 58.3 Å². The van der Waals surface area contributed by atoms with Crippen molar-refractivity contribution in [3.05, 3.63) is 71.6 Å². The summed E-state index contributed by atoms with van der Waals surface area (Å²) >= 11 is 0. The summed E-state index contributed by atoms with van der Waals surface area (Å²) in [5.74, 6) is 1.30. The number of allylic oxidation sites excluding steroid dienone is 1. The third-order valence-electron chi connectivity index (χ3n) is 7.88. The number of carbonyl (C=O) groups is 1. The Morgan fingerprint density at radius 1 is 1.20 bits per heavy atom. The van der Waals surface area contributed by atoms with Crippen LogP contribution in [-0.4, -0.2) is 58.8 Å². The largest absolute Gasteiger partial charge is 0.465 e. The molecule has 3 atom stereocenters. The zero-order valence-corrected chi connectivity index (χ0v) is 20.7. The highest BCUT2D eigenvalue weighted by Gasteiger charge is 2.46. The minimum atomic E-state index is -0.592. The van der Waals surface area contributed by atoms with Gasteiger partial charge < -0.3 is 19.7 Å². The summed E-state index contributed by atoms with van der Waals surface area (Å²) in [5.41, 5.74) is 4.39. The Morgan fingerprint density at radius 2 is 2.03 bits per heavy atom. The van der Waals surface area contributed by atoms with Crippen molar-refractivity contribution in [3.8, 4) is 0 Å². The zero-order valence-electron chi connectivity index (χ0n) is 20.7. The fraction of sp³-hybridized carbons (Fsp3) is 0.448. The Hall–Kier alpha value is -2.96. The van der Waals surface area contributed by atoms with Gasteiger partial charge in [-0.15, -0.1) is 0 Å². The van der Waals surface area contributed by atoms with Crippen molar-refractivity contribution in [2.75, 3.05) is 27.2 Å². The van der Waals surface area contributed by atoms with Crippen molar-refractivity contribution in [2.24, 2.45) is 11.8 Å². The molecule has 0 unspecified atom stereocenters. The first kappa shape index (κ1) is 23.8. The number of nitrogens with one attached hydrogen (secondary N) is 1. The maximum absolute atomic E-state index is 11.7. The molecule has 0 amide bonds. The molecule has 0 spiro atoms. The second-order valence-corrected chi connectivity index (χ2v) is 10.2. The van der Waals surface area contributed by atoms with Gasteiger partial charge in [0.05, 0.1) is 29.3 Å². The molecule has 3 aliphatic carbocycles. The number of hydrogen-bond acceptors (Lipinski definition) is 5. The van der Waals surface area contributed by atoms with Crippen molar-refractivity contribution in [1.29, 1.82) is 0 Å². The minimum absolute atomic E-state index is 0.251. The zero-order chi connectivity index (χ0) is 24.4. The minimum Gasteiger partial charge on any atom is -0.465 e. The molecule has 6 rings (SSSR count). The number of aryl methyl sites for hydroxylation is 1. The number of benzene rings is 2. The maximum Gasteiger partial charge on any atom is 0.337 e. The number of ether oxygens (including phenoxy) is 1. The number of fused-ring (bicyclic) bond motifs is 3. The van der Waals surface area contributed by atoms with Crippen LogP contribution >= 0.6 is 0 Å². The normalized spacial score (nSPS) is 23.6. The summed E-state index contributed by atoms with van der Waals surface area (Å²) in [7, 11) is 3.52. The first-order valence-corrected chi connectivity index (χ1v) is 12.7. The molecule has 35 heavy (non-hydrogen) atoms.